The molecule has 1 aliphatic heterocycles. The molecule has 2 aliphatic rings. The van der Waals surface area contributed by atoms with Crippen LogP contribution in [-0.4, -0.2) is 39.9 Å². The second kappa shape index (κ2) is 3.70. The lowest BCUT2D eigenvalue weighted by Gasteiger charge is -2.25. The summed E-state index contributed by atoms with van der Waals surface area (Å²) in [7, 11) is 0. The number of likely N-dealkylation sites (tertiary alicyclic amines) is 1. The molecule has 2 heterocycles. The van der Waals surface area contributed by atoms with Crippen LogP contribution in [0.2, 0.25) is 0 Å². The Labute approximate surface area is 105 Å². The van der Waals surface area contributed by atoms with Gasteiger partial charge in [-0.3, -0.25) is 0 Å². The van der Waals surface area contributed by atoms with Crippen LogP contribution in [0.25, 0.3) is 0 Å². The van der Waals surface area contributed by atoms with Gasteiger partial charge >= 0.3 is 6.09 Å². The third kappa shape index (κ3) is 1.95. The zero-order chi connectivity index (χ0) is 12.9. The van der Waals surface area contributed by atoms with E-state index in [0.29, 0.717) is 23.6 Å². The summed E-state index contributed by atoms with van der Waals surface area (Å²) < 4.78 is 10.6. The fraction of sp³-hybridized carbons (Fsp3) is 0.750. The van der Waals surface area contributed by atoms with Crippen molar-refractivity contribution >= 4 is 6.09 Å². The highest BCUT2D eigenvalue weighted by Gasteiger charge is 2.60. The van der Waals surface area contributed by atoms with Gasteiger partial charge in [0.15, 0.2) is 0 Å². The van der Waals surface area contributed by atoms with Crippen molar-refractivity contribution in [1.29, 1.82) is 0 Å². The van der Waals surface area contributed by atoms with E-state index >= 15 is 0 Å². The molecule has 0 N–H and O–H groups in total. The number of piperidine rings is 1. The Hall–Kier alpha value is -1.59. The Morgan fingerprint density at radius 1 is 1.44 bits per heavy atom. The summed E-state index contributed by atoms with van der Waals surface area (Å²) in [6.07, 6.45) is 1.13. The average molecular weight is 251 g/mol. The van der Waals surface area contributed by atoms with Crippen LogP contribution < -0.4 is 0 Å². The monoisotopic (exact) mass is 251 g/mol. The minimum atomic E-state index is -0.435. The molecule has 1 aromatic rings. The topological polar surface area (TPSA) is 68.5 Å². The van der Waals surface area contributed by atoms with Gasteiger partial charge in [-0.25, -0.2) is 4.79 Å². The van der Waals surface area contributed by atoms with Gasteiger partial charge in [0.25, 0.3) is 0 Å². The van der Waals surface area contributed by atoms with Crippen molar-refractivity contribution in [2.75, 3.05) is 13.1 Å². The van der Waals surface area contributed by atoms with Crippen LogP contribution in [0.15, 0.2) is 10.8 Å². The van der Waals surface area contributed by atoms with E-state index in [0.717, 1.165) is 13.1 Å². The summed E-state index contributed by atoms with van der Waals surface area (Å²) >= 11 is 0. The Morgan fingerprint density at radius 2 is 2.11 bits per heavy atom. The number of hydrogen-bond acceptors (Lipinski definition) is 5. The first kappa shape index (κ1) is 11.5. The van der Waals surface area contributed by atoms with Crippen LogP contribution in [0.5, 0.6) is 0 Å². The lowest BCUT2D eigenvalue weighted by molar-refractivity contribution is 0.0269. The van der Waals surface area contributed by atoms with Gasteiger partial charge in [0.1, 0.15) is 5.60 Å². The van der Waals surface area contributed by atoms with Crippen molar-refractivity contribution in [3.05, 3.63) is 12.3 Å². The van der Waals surface area contributed by atoms with Gasteiger partial charge in [-0.1, -0.05) is 0 Å². The largest absolute Gasteiger partial charge is 0.444 e. The van der Waals surface area contributed by atoms with Crippen molar-refractivity contribution < 1.29 is 13.9 Å². The van der Waals surface area contributed by atoms with Gasteiger partial charge in [-0.15, -0.1) is 10.2 Å². The summed E-state index contributed by atoms with van der Waals surface area (Å²) in [6, 6.07) is 0. The van der Waals surface area contributed by atoms with Crippen LogP contribution >= 0.6 is 0 Å². The molecule has 18 heavy (non-hydrogen) atoms. The predicted molar refractivity (Wildman–Crippen MR) is 61.8 cm³/mol. The number of amides is 1. The van der Waals surface area contributed by atoms with Crippen LogP contribution in [0, 0.1) is 11.8 Å². The van der Waals surface area contributed by atoms with E-state index < -0.39 is 5.60 Å². The molecule has 98 valence electrons. The first-order valence-corrected chi connectivity index (χ1v) is 6.20. The van der Waals surface area contributed by atoms with Gasteiger partial charge in [-0.05, 0) is 32.6 Å². The smallest absolute Gasteiger partial charge is 0.410 e. The second-order valence-electron chi connectivity index (χ2n) is 6.02. The number of fused-ring (bicyclic) bond motifs is 1. The van der Waals surface area contributed by atoms with Crippen molar-refractivity contribution in [2.24, 2.45) is 11.8 Å². The molecular formula is C12H17N3O3. The number of ether oxygens (including phenoxy) is 1. The van der Waals surface area contributed by atoms with E-state index in [9.17, 15) is 4.79 Å². The first-order valence-electron chi connectivity index (χ1n) is 6.20. The van der Waals surface area contributed by atoms with E-state index in [4.69, 9.17) is 9.15 Å². The lowest BCUT2D eigenvalue weighted by atomic mass is 10.2. The quantitative estimate of drug-likeness (QED) is 0.759. The number of hydrogen-bond donors (Lipinski definition) is 0. The van der Waals surface area contributed by atoms with Crippen LogP contribution in [-0.2, 0) is 4.74 Å². The first-order chi connectivity index (χ1) is 8.46. The number of carbonyl (C=O) groups excluding carboxylic acids is 1. The molecule has 3 rings (SSSR count). The highest BCUT2D eigenvalue weighted by Crippen LogP contribution is 2.57. The molecule has 0 spiro atoms. The maximum absolute atomic E-state index is 11.9. The highest BCUT2D eigenvalue weighted by molar-refractivity contribution is 5.69. The predicted octanol–water partition coefficient (Wildman–Crippen LogP) is 1.65. The highest BCUT2D eigenvalue weighted by atomic mass is 16.6. The zero-order valence-corrected chi connectivity index (χ0v) is 10.8. The van der Waals surface area contributed by atoms with Crippen molar-refractivity contribution in [3.8, 4) is 0 Å². The summed E-state index contributed by atoms with van der Waals surface area (Å²) in [5.74, 6) is 1.95. The van der Waals surface area contributed by atoms with E-state index in [1.807, 2.05) is 20.8 Å². The maximum Gasteiger partial charge on any atom is 0.410 e. The molecule has 1 amide bonds. The lowest BCUT2D eigenvalue weighted by Crippen LogP contribution is -2.36. The van der Waals surface area contributed by atoms with Gasteiger partial charge in [-0.2, -0.15) is 0 Å². The van der Waals surface area contributed by atoms with E-state index in [-0.39, 0.29) is 6.09 Å². The molecule has 1 saturated carbocycles. The third-order valence-corrected chi connectivity index (χ3v) is 3.51. The van der Waals surface area contributed by atoms with Crippen LogP contribution in [0.3, 0.4) is 0 Å². The van der Waals surface area contributed by atoms with Gasteiger partial charge in [0, 0.05) is 19.0 Å². The fourth-order valence-electron chi connectivity index (χ4n) is 2.70. The van der Waals surface area contributed by atoms with Gasteiger partial charge in [0.05, 0.1) is 0 Å². The molecule has 1 aliphatic carbocycles. The summed E-state index contributed by atoms with van der Waals surface area (Å²) in [5, 5.41) is 7.63. The fourth-order valence-corrected chi connectivity index (χ4v) is 2.70. The Balaban J connectivity index is 1.56. The van der Waals surface area contributed by atoms with Crippen molar-refractivity contribution in [3.63, 3.8) is 0 Å². The summed E-state index contributed by atoms with van der Waals surface area (Å²) in [5.41, 5.74) is -0.435. The summed E-state index contributed by atoms with van der Waals surface area (Å²) in [6.45, 7) is 7.09. The number of aromatic nitrogens is 2. The van der Waals surface area contributed by atoms with Gasteiger partial charge < -0.3 is 14.1 Å². The van der Waals surface area contributed by atoms with Gasteiger partial charge in [0.2, 0.25) is 12.3 Å². The van der Waals surface area contributed by atoms with E-state index in [1.165, 1.54) is 6.39 Å². The molecule has 6 heteroatoms. The number of nitrogens with zero attached hydrogens (tertiary/aromatic N) is 3. The third-order valence-electron chi connectivity index (χ3n) is 3.51. The molecule has 2 fully saturated rings. The number of rotatable bonds is 1. The molecule has 1 aromatic heterocycles. The molecular weight excluding hydrogens is 234 g/mol. The minimum absolute atomic E-state index is 0.223. The van der Waals surface area contributed by atoms with E-state index in [2.05, 4.69) is 10.2 Å². The normalized spacial score (nSPS) is 30.2. The average Bonchev–Trinajstić information content (AvgIpc) is 2.76. The Morgan fingerprint density at radius 3 is 2.61 bits per heavy atom. The Kier molecular flexibility index (Phi) is 2.36. The van der Waals surface area contributed by atoms with Crippen molar-refractivity contribution in [1.82, 2.24) is 15.1 Å². The molecule has 0 aromatic carbocycles. The molecule has 0 radical (unpaired) electrons. The standard InChI is InChI=1S/C12H17N3O3/c1-12(2,3)18-11(16)15-4-7-8(5-15)9(7)10-14-13-6-17-10/h6-9H,4-5H2,1-3H3/t7-,8+,9?. The maximum atomic E-state index is 11.9. The van der Waals surface area contributed by atoms with E-state index in [1.54, 1.807) is 4.90 Å². The zero-order valence-electron chi connectivity index (χ0n) is 10.8. The second-order valence-corrected chi connectivity index (χ2v) is 6.02. The Bertz CT molecular complexity index is 440. The minimum Gasteiger partial charge on any atom is -0.444 e. The van der Waals surface area contributed by atoms with Crippen LogP contribution in [0.1, 0.15) is 32.6 Å². The molecule has 3 atom stereocenters. The molecule has 0 bridgehead atoms. The summed E-state index contributed by atoms with van der Waals surface area (Å²) in [4.78, 5) is 13.6. The van der Waals surface area contributed by atoms with Crippen LogP contribution in [0.4, 0.5) is 4.79 Å². The molecule has 1 unspecified atom stereocenters. The number of carbonyl (C=O) groups is 1. The van der Waals surface area contributed by atoms with Crippen molar-refractivity contribution in [2.45, 2.75) is 32.3 Å². The molecule has 1 saturated heterocycles. The SMILES string of the molecule is CC(C)(C)OC(=O)N1C[C@@H]2C(c3nnco3)[C@@H]2C1. The molecule has 6 nitrogen and oxygen atoms in total.